The lowest BCUT2D eigenvalue weighted by atomic mass is 9.96. The van der Waals surface area contributed by atoms with E-state index in [2.05, 4.69) is 19.2 Å². The van der Waals surface area contributed by atoms with Gasteiger partial charge in [-0.15, -0.1) is 11.3 Å². The third-order valence-corrected chi connectivity index (χ3v) is 4.93. The summed E-state index contributed by atoms with van der Waals surface area (Å²) in [5.41, 5.74) is 8.50. The van der Waals surface area contributed by atoms with Gasteiger partial charge in [0.05, 0.1) is 5.56 Å². The van der Waals surface area contributed by atoms with Gasteiger partial charge in [0.25, 0.3) is 11.8 Å². The second-order valence-corrected chi connectivity index (χ2v) is 7.54. The molecule has 4 N–H and O–H groups in total. The monoisotopic (exact) mass is 390 g/mol. The molecule has 0 aliphatic carbocycles. The van der Waals surface area contributed by atoms with E-state index in [-0.39, 0.29) is 5.56 Å². The number of carbonyl (C=O) groups excluding carboxylic acids is 2. The van der Waals surface area contributed by atoms with Crippen molar-refractivity contribution in [1.29, 1.82) is 0 Å². The van der Waals surface area contributed by atoms with Gasteiger partial charge in [-0.05, 0) is 24.0 Å². The van der Waals surface area contributed by atoms with Crippen LogP contribution in [0.15, 0.2) is 24.3 Å². The number of carboxylic acids is 1. The molecular weight excluding hydrogens is 368 g/mol. The highest BCUT2D eigenvalue weighted by Gasteiger charge is 2.23. The summed E-state index contributed by atoms with van der Waals surface area (Å²) in [4.78, 5) is 35.3. The van der Waals surface area contributed by atoms with Gasteiger partial charge >= 0.3 is 5.97 Å². The third kappa shape index (κ3) is 5.15. The number of ether oxygens (including phenoxy) is 1. The first-order valence-electron chi connectivity index (χ1n) is 8.33. The maximum atomic E-state index is 12.1. The van der Waals surface area contributed by atoms with Gasteiger partial charge < -0.3 is 20.9 Å². The minimum absolute atomic E-state index is 0.237. The minimum Gasteiger partial charge on any atom is -0.480 e. The van der Waals surface area contributed by atoms with E-state index in [0.717, 1.165) is 10.4 Å². The molecule has 1 heterocycles. The topological polar surface area (TPSA) is 119 Å². The van der Waals surface area contributed by atoms with E-state index in [0.29, 0.717) is 16.5 Å². The predicted molar refractivity (Wildman–Crippen MR) is 104 cm³/mol. The Balaban J connectivity index is 2.30. The number of anilines is 1. The van der Waals surface area contributed by atoms with Gasteiger partial charge in [-0.25, -0.2) is 4.79 Å². The Bertz CT molecular complexity index is 856. The number of nitrogens with two attached hydrogens (primary N) is 1. The standard InChI is InChI=1S/C19H22N2O5S/c1-10(2)12-4-6-13(7-5-12)16-11(3)27-19(17(16)18(20)25)21-14(22)8-26-9-15(23)24/h4-7,10H,8-9H2,1-3H3,(H2,20,25)(H,21,22)(H,23,24). The van der Waals surface area contributed by atoms with E-state index >= 15 is 0 Å². The van der Waals surface area contributed by atoms with Crippen LogP contribution in [0.1, 0.15) is 40.6 Å². The molecule has 0 aliphatic rings. The first-order valence-corrected chi connectivity index (χ1v) is 9.15. The van der Waals surface area contributed by atoms with E-state index in [4.69, 9.17) is 15.6 Å². The summed E-state index contributed by atoms with van der Waals surface area (Å²) in [5.74, 6) is -1.98. The SMILES string of the molecule is Cc1sc(NC(=O)COCC(=O)O)c(C(N)=O)c1-c1ccc(C(C)C)cc1. The summed E-state index contributed by atoms with van der Waals surface area (Å²) in [7, 11) is 0. The Morgan fingerprint density at radius 2 is 1.81 bits per heavy atom. The Labute approximate surface area is 161 Å². The Hall–Kier alpha value is -2.71. The van der Waals surface area contributed by atoms with Gasteiger partial charge in [-0.1, -0.05) is 38.1 Å². The Morgan fingerprint density at radius 1 is 1.19 bits per heavy atom. The smallest absolute Gasteiger partial charge is 0.329 e. The van der Waals surface area contributed by atoms with Crippen LogP contribution in [-0.2, 0) is 14.3 Å². The second-order valence-electron chi connectivity index (χ2n) is 6.31. The van der Waals surface area contributed by atoms with E-state index in [9.17, 15) is 14.4 Å². The molecular formula is C19H22N2O5S. The normalized spacial score (nSPS) is 10.8. The molecule has 8 heteroatoms. The number of benzene rings is 1. The molecule has 1 aromatic carbocycles. The number of aryl methyl sites for hydroxylation is 1. The number of hydrogen-bond acceptors (Lipinski definition) is 5. The van der Waals surface area contributed by atoms with Crippen molar-refractivity contribution in [2.45, 2.75) is 26.7 Å². The van der Waals surface area contributed by atoms with Crippen LogP contribution in [0.3, 0.4) is 0 Å². The molecule has 1 aromatic heterocycles. The van der Waals surface area contributed by atoms with Gasteiger partial charge in [0, 0.05) is 10.4 Å². The number of rotatable bonds is 8. The molecule has 0 saturated carbocycles. The maximum Gasteiger partial charge on any atom is 0.329 e. The largest absolute Gasteiger partial charge is 0.480 e. The summed E-state index contributed by atoms with van der Waals surface area (Å²) < 4.78 is 4.76. The molecule has 7 nitrogen and oxygen atoms in total. The Kier molecular flexibility index (Phi) is 6.70. The second kappa shape index (κ2) is 8.79. The average Bonchev–Trinajstić information content (AvgIpc) is 2.90. The average molecular weight is 390 g/mol. The predicted octanol–water partition coefficient (Wildman–Crippen LogP) is 2.99. The fraction of sp³-hybridized carbons (Fsp3) is 0.316. The van der Waals surface area contributed by atoms with E-state index in [1.54, 1.807) is 0 Å². The van der Waals surface area contributed by atoms with Crippen molar-refractivity contribution in [3.05, 3.63) is 40.3 Å². The summed E-state index contributed by atoms with van der Waals surface area (Å²) in [5, 5.41) is 11.4. The van der Waals surface area contributed by atoms with Crippen LogP contribution in [0.5, 0.6) is 0 Å². The van der Waals surface area contributed by atoms with Crippen LogP contribution >= 0.6 is 11.3 Å². The highest BCUT2D eigenvalue weighted by Crippen LogP contribution is 2.40. The van der Waals surface area contributed by atoms with Crippen molar-refractivity contribution in [3.63, 3.8) is 0 Å². The number of primary amides is 1. The number of nitrogens with one attached hydrogen (secondary N) is 1. The molecule has 0 atom stereocenters. The van der Waals surface area contributed by atoms with Crippen molar-refractivity contribution < 1.29 is 24.2 Å². The molecule has 0 fully saturated rings. The molecule has 0 radical (unpaired) electrons. The molecule has 0 bridgehead atoms. The quantitative estimate of drug-likeness (QED) is 0.640. The first kappa shape index (κ1) is 20.6. The zero-order valence-corrected chi connectivity index (χ0v) is 16.2. The minimum atomic E-state index is -1.17. The van der Waals surface area contributed by atoms with Crippen molar-refractivity contribution in [1.82, 2.24) is 0 Å². The summed E-state index contributed by atoms with van der Waals surface area (Å²) >= 11 is 1.24. The zero-order chi connectivity index (χ0) is 20.1. The summed E-state index contributed by atoms with van der Waals surface area (Å²) in [6.07, 6.45) is 0. The highest BCUT2D eigenvalue weighted by atomic mass is 32.1. The highest BCUT2D eigenvalue weighted by molar-refractivity contribution is 7.17. The van der Waals surface area contributed by atoms with E-state index in [1.165, 1.54) is 16.9 Å². The van der Waals surface area contributed by atoms with Gasteiger partial charge in [-0.2, -0.15) is 0 Å². The summed E-state index contributed by atoms with van der Waals surface area (Å²) in [6, 6.07) is 7.86. The van der Waals surface area contributed by atoms with Crippen LogP contribution in [0.25, 0.3) is 11.1 Å². The molecule has 2 aromatic rings. The molecule has 2 rings (SSSR count). The molecule has 144 valence electrons. The zero-order valence-electron chi connectivity index (χ0n) is 15.4. The first-order chi connectivity index (χ1) is 12.7. The van der Waals surface area contributed by atoms with Crippen LogP contribution < -0.4 is 11.1 Å². The molecule has 0 spiro atoms. The Morgan fingerprint density at radius 3 is 2.33 bits per heavy atom. The molecule has 27 heavy (non-hydrogen) atoms. The van der Waals surface area contributed by atoms with Crippen molar-refractivity contribution in [2.75, 3.05) is 18.5 Å². The lowest BCUT2D eigenvalue weighted by Gasteiger charge is -2.09. The van der Waals surface area contributed by atoms with Crippen molar-refractivity contribution >= 4 is 34.1 Å². The number of amides is 2. The van der Waals surface area contributed by atoms with Crippen molar-refractivity contribution in [2.24, 2.45) is 5.73 Å². The molecule has 2 amide bonds. The number of carboxylic acid groups (broad SMARTS) is 1. The van der Waals surface area contributed by atoms with Gasteiger partial charge in [-0.3, -0.25) is 9.59 Å². The van der Waals surface area contributed by atoms with Gasteiger partial charge in [0.1, 0.15) is 18.2 Å². The van der Waals surface area contributed by atoms with Crippen molar-refractivity contribution in [3.8, 4) is 11.1 Å². The van der Waals surface area contributed by atoms with Gasteiger partial charge in [0.15, 0.2) is 0 Å². The number of aliphatic carboxylic acids is 1. The van der Waals surface area contributed by atoms with Gasteiger partial charge in [0.2, 0.25) is 0 Å². The van der Waals surface area contributed by atoms with E-state index < -0.39 is 31.0 Å². The fourth-order valence-electron chi connectivity index (χ4n) is 2.64. The number of carbonyl (C=O) groups is 3. The molecule has 0 unspecified atom stereocenters. The van der Waals surface area contributed by atoms with Crippen LogP contribution in [0.4, 0.5) is 5.00 Å². The van der Waals surface area contributed by atoms with Crippen LogP contribution in [0.2, 0.25) is 0 Å². The van der Waals surface area contributed by atoms with Crippen LogP contribution in [0, 0.1) is 6.92 Å². The number of thiophene rings is 1. The lowest BCUT2D eigenvalue weighted by Crippen LogP contribution is -2.22. The fourth-order valence-corrected chi connectivity index (χ4v) is 3.74. The lowest BCUT2D eigenvalue weighted by molar-refractivity contribution is -0.143. The third-order valence-electron chi connectivity index (χ3n) is 3.91. The number of hydrogen-bond donors (Lipinski definition) is 3. The van der Waals surface area contributed by atoms with Crippen LogP contribution in [-0.4, -0.2) is 36.1 Å². The molecule has 0 saturated heterocycles. The summed E-state index contributed by atoms with van der Waals surface area (Å²) in [6.45, 7) is 5.03. The maximum absolute atomic E-state index is 12.1. The molecule has 0 aliphatic heterocycles. The van der Waals surface area contributed by atoms with E-state index in [1.807, 2.05) is 31.2 Å².